The Morgan fingerprint density at radius 1 is 1.41 bits per heavy atom. The van der Waals surface area contributed by atoms with Gasteiger partial charge in [-0.3, -0.25) is 4.79 Å². The Morgan fingerprint density at radius 2 is 2.12 bits per heavy atom. The highest BCUT2D eigenvalue weighted by Gasteiger charge is 2.09. The molecule has 1 amide bonds. The first-order chi connectivity index (χ1) is 8.02. The van der Waals surface area contributed by atoms with E-state index in [9.17, 15) is 4.79 Å². The maximum Gasteiger partial charge on any atom is 0.221 e. The van der Waals surface area contributed by atoms with E-state index in [4.69, 9.17) is 5.11 Å². The fourth-order valence-electron chi connectivity index (χ4n) is 1.66. The lowest BCUT2D eigenvalue weighted by Gasteiger charge is -2.19. The van der Waals surface area contributed by atoms with Crippen LogP contribution in [0.4, 0.5) is 5.69 Å². The number of nitrogens with one attached hydrogen (secondary N) is 2. The van der Waals surface area contributed by atoms with Crippen LogP contribution in [0.15, 0.2) is 24.3 Å². The molecule has 1 unspecified atom stereocenters. The normalized spacial score (nSPS) is 14.1. The standard InChI is InChI=1S/C13H20N2O2/c1-9(8-16)14-10(2)12-5-4-6-13(7-12)15-11(3)17/h4-7,9-10,14,16H,8H2,1-3H3,(H,15,17)/t9-,10?/m1/s1. The van der Waals surface area contributed by atoms with Crippen LogP contribution in [-0.4, -0.2) is 23.7 Å². The van der Waals surface area contributed by atoms with E-state index in [1.807, 2.05) is 38.1 Å². The van der Waals surface area contributed by atoms with Gasteiger partial charge in [0.25, 0.3) is 0 Å². The third-order valence-corrected chi connectivity index (χ3v) is 2.52. The van der Waals surface area contributed by atoms with Crippen molar-refractivity contribution in [1.82, 2.24) is 5.32 Å². The van der Waals surface area contributed by atoms with Crippen LogP contribution in [0.3, 0.4) is 0 Å². The van der Waals surface area contributed by atoms with E-state index < -0.39 is 0 Å². The smallest absolute Gasteiger partial charge is 0.221 e. The van der Waals surface area contributed by atoms with Crippen molar-refractivity contribution in [2.75, 3.05) is 11.9 Å². The summed E-state index contributed by atoms with van der Waals surface area (Å²) in [6.07, 6.45) is 0. The molecule has 0 aliphatic heterocycles. The van der Waals surface area contributed by atoms with Crippen molar-refractivity contribution in [3.05, 3.63) is 29.8 Å². The summed E-state index contributed by atoms with van der Waals surface area (Å²) in [6.45, 7) is 5.55. The largest absolute Gasteiger partial charge is 0.395 e. The Kier molecular flexibility index (Phi) is 5.12. The van der Waals surface area contributed by atoms with Crippen molar-refractivity contribution in [3.63, 3.8) is 0 Å². The first-order valence-electron chi connectivity index (χ1n) is 5.77. The number of aliphatic hydroxyl groups excluding tert-OH is 1. The minimum absolute atomic E-state index is 0.0504. The molecule has 0 bridgehead atoms. The molecular formula is C13H20N2O2. The molecule has 0 saturated carbocycles. The fourth-order valence-corrected chi connectivity index (χ4v) is 1.66. The van der Waals surface area contributed by atoms with E-state index in [1.54, 1.807) is 0 Å². The van der Waals surface area contributed by atoms with E-state index >= 15 is 0 Å². The fraction of sp³-hybridized carbons (Fsp3) is 0.462. The molecule has 0 radical (unpaired) electrons. The van der Waals surface area contributed by atoms with Gasteiger partial charge in [0.1, 0.15) is 0 Å². The monoisotopic (exact) mass is 236 g/mol. The van der Waals surface area contributed by atoms with Gasteiger partial charge in [0.2, 0.25) is 5.91 Å². The van der Waals surface area contributed by atoms with Crippen molar-refractivity contribution >= 4 is 11.6 Å². The molecule has 1 rings (SSSR count). The summed E-state index contributed by atoms with van der Waals surface area (Å²) in [5, 5.41) is 15.0. The second kappa shape index (κ2) is 6.37. The summed E-state index contributed by atoms with van der Waals surface area (Å²) in [5.41, 5.74) is 1.87. The van der Waals surface area contributed by atoms with Gasteiger partial charge in [-0.2, -0.15) is 0 Å². The summed E-state index contributed by atoms with van der Waals surface area (Å²) in [5.74, 6) is -0.0773. The molecule has 94 valence electrons. The minimum Gasteiger partial charge on any atom is -0.395 e. The van der Waals surface area contributed by atoms with Gasteiger partial charge in [-0.1, -0.05) is 12.1 Å². The van der Waals surface area contributed by atoms with Crippen molar-refractivity contribution in [2.45, 2.75) is 32.9 Å². The first kappa shape index (κ1) is 13.7. The van der Waals surface area contributed by atoms with E-state index in [2.05, 4.69) is 10.6 Å². The summed E-state index contributed by atoms with van der Waals surface area (Å²) >= 11 is 0. The zero-order valence-corrected chi connectivity index (χ0v) is 10.5. The number of rotatable bonds is 5. The third kappa shape index (κ3) is 4.54. The highest BCUT2D eigenvalue weighted by Crippen LogP contribution is 2.17. The maximum atomic E-state index is 11.0. The first-order valence-corrected chi connectivity index (χ1v) is 5.77. The molecule has 0 aliphatic carbocycles. The molecule has 2 atom stereocenters. The van der Waals surface area contributed by atoms with Gasteiger partial charge in [-0.15, -0.1) is 0 Å². The van der Waals surface area contributed by atoms with Gasteiger partial charge in [-0.05, 0) is 31.5 Å². The Bertz CT molecular complexity index is 379. The number of benzene rings is 1. The molecular weight excluding hydrogens is 216 g/mol. The summed E-state index contributed by atoms with van der Waals surface area (Å²) in [4.78, 5) is 11.0. The number of amides is 1. The van der Waals surface area contributed by atoms with Crippen LogP contribution >= 0.6 is 0 Å². The number of hydrogen-bond donors (Lipinski definition) is 3. The molecule has 0 spiro atoms. The van der Waals surface area contributed by atoms with Gasteiger partial charge >= 0.3 is 0 Å². The Labute approximate surface area is 102 Å². The summed E-state index contributed by atoms with van der Waals surface area (Å²) in [7, 11) is 0. The van der Waals surface area contributed by atoms with Gasteiger partial charge in [0, 0.05) is 24.7 Å². The van der Waals surface area contributed by atoms with E-state index in [-0.39, 0.29) is 24.6 Å². The zero-order chi connectivity index (χ0) is 12.8. The van der Waals surface area contributed by atoms with Crippen molar-refractivity contribution in [2.24, 2.45) is 0 Å². The topological polar surface area (TPSA) is 61.4 Å². The molecule has 0 aromatic heterocycles. The average molecular weight is 236 g/mol. The molecule has 1 aromatic carbocycles. The van der Waals surface area contributed by atoms with Crippen LogP contribution < -0.4 is 10.6 Å². The number of hydrogen-bond acceptors (Lipinski definition) is 3. The van der Waals surface area contributed by atoms with Gasteiger partial charge in [0.05, 0.1) is 6.61 Å². The quantitative estimate of drug-likeness (QED) is 0.729. The second-order valence-corrected chi connectivity index (χ2v) is 4.28. The van der Waals surface area contributed by atoms with Gasteiger partial charge < -0.3 is 15.7 Å². The SMILES string of the molecule is CC(=O)Nc1cccc(C(C)N[C@H](C)CO)c1. The van der Waals surface area contributed by atoms with Crippen LogP contribution in [0.25, 0.3) is 0 Å². The molecule has 4 heteroatoms. The van der Waals surface area contributed by atoms with Crippen LogP contribution in [0.2, 0.25) is 0 Å². The molecule has 0 heterocycles. The van der Waals surface area contributed by atoms with E-state index in [0.29, 0.717) is 0 Å². The maximum absolute atomic E-state index is 11.0. The van der Waals surface area contributed by atoms with Gasteiger partial charge in [0.15, 0.2) is 0 Å². The third-order valence-electron chi connectivity index (χ3n) is 2.52. The van der Waals surface area contributed by atoms with Crippen molar-refractivity contribution in [3.8, 4) is 0 Å². The number of aliphatic hydroxyl groups is 1. The molecule has 0 aliphatic rings. The number of carbonyl (C=O) groups is 1. The molecule has 4 nitrogen and oxygen atoms in total. The molecule has 3 N–H and O–H groups in total. The number of anilines is 1. The Morgan fingerprint density at radius 3 is 2.71 bits per heavy atom. The lowest BCUT2D eigenvalue weighted by atomic mass is 10.1. The van der Waals surface area contributed by atoms with Crippen LogP contribution in [-0.2, 0) is 4.79 Å². The lowest BCUT2D eigenvalue weighted by Crippen LogP contribution is -2.31. The van der Waals surface area contributed by atoms with Crippen molar-refractivity contribution < 1.29 is 9.90 Å². The highest BCUT2D eigenvalue weighted by molar-refractivity contribution is 5.88. The molecule has 1 aromatic rings. The Balaban J connectivity index is 2.73. The minimum atomic E-state index is -0.0773. The molecule has 0 saturated heterocycles. The summed E-state index contributed by atoms with van der Waals surface area (Å²) in [6, 6.07) is 7.87. The van der Waals surface area contributed by atoms with Gasteiger partial charge in [-0.25, -0.2) is 0 Å². The predicted octanol–water partition coefficient (Wildman–Crippen LogP) is 1.68. The molecule has 17 heavy (non-hydrogen) atoms. The zero-order valence-electron chi connectivity index (χ0n) is 10.5. The average Bonchev–Trinajstić information content (AvgIpc) is 2.28. The van der Waals surface area contributed by atoms with Crippen molar-refractivity contribution in [1.29, 1.82) is 0 Å². The Hall–Kier alpha value is -1.39. The predicted molar refractivity (Wildman–Crippen MR) is 68.8 cm³/mol. The highest BCUT2D eigenvalue weighted by atomic mass is 16.3. The molecule has 0 fully saturated rings. The van der Waals surface area contributed by atoms with E-state index in [0.717, 1.165) is 11.3 Å². The van der Waals surface area contributed by atoms with Crippen LogP contribution in [0.5, 0.6) is 0 Å². The van der Waals surface area contributed by atoms with Crippen LogP contribution in [0, 0.1) is 0 Å². The number of carbonyl (C=O) groups excluding carboxylic acids is 1. The van der Waals surface area contributed by atoms with E-state index in [1.165, 1.54) is 6.92 Å². The summed E-state index contributed by atoms with van der Waals surface area (Å²) < 4.78 is 0. The van der Waals surface area contributed by atoms with Crippen LogP contribution in [0.1, 0.15) is 32.4 Å². The second-order valence-electron chi connectivity index (χ2n) is 4.28. The lowest BCUT2D eigenvalue weighted by molar-refractivity contribution is -0.114.